The molecule has 0 aromatic rings. The van der Waals surface area contributed by atoms with E-state index < -0.39 is 12.0 Å². The molecule has 0 radical (unpaired) electrons. The molecular formula is C9H21NO3S. The first-order valence-corrected chi connectivity index (χ1v) is 5.81. The number of carboxylic acids is 1. The zero-order chi connectivity index (χ0) is 11.6. The van der Waals surface area contributed by atoms with Crippen LogP contribution >= 0.6 is 11.8 Å². The Morgan fingerprint density at radius 3 is 2.21 bits per heavy atom. The fourth-order valence-corrected chi connectivity index (χ4v) is 1.19. The molecule has 4 N–H and O–H groups in total. The summed E-state index contributed by atoms with van der Waals surface area (Å²) in [7, 11) is 0. The van der Waals surface area contributed by atoms with E-state index in [1.807, 2.05) is 6.92 Å². The number of carbonyl (C=O) groups is 1. The van der Waals surface area contributed by atoms with Gasteiger partial charge < -0.3 is 15.9 Å². The molecule has 0 saturated carbocycles. The van der Waals surface area contributed by atoms with Crippen molar-refractivity contribution in [2.45, 2.75) is 39.3 Å². The van der Waals surface area contributed by atoms with E-state index in [1.54, 1.807) is 25.6 Å². The van der Waals surface area contributed by atoms with Crippen LogP contribution in [0, 0.1) is 0 Å². The Balaban J connectivity index is 0. The topological polar surface area (TPSA) is 83.5 Å². The predicted octanol–water partition coefficient (Wildman–Crippen LogP) is 0.929. The van der Waals surface area contributed by atoms with Crippen molar-refractivity contribution in [3.05, 3.63) is 0 Å². The Kier molecular flexibility index (Phi) is 12.5. The van der Waals surface area contributed by atoms with Crippen LogP contribution in [0.15, 0.2) is 0 Å². The van der Waals surface area contributed by atoms with Gasteiger partial charge in [0.1, 0.15) is 6.04 Å². The maximum Gasteiger partial charge on any atom is 0.320 e. The van der Waals surface area contributed by atoms with Gasteiger partial charge >= 0.3 is 5.97 Å². The Hall–Kier alpha value is -0.260. The van der Waals surface area contributed by atoms with Crippen molar-refractivity contribution in [2.75, 3.05) is 11.5 Å². The van der Waals surface area contributed by atoms with Crippen LogP contribution in [0.4, 0.5) is 0 Å². The monoisotopic (exact) mass is 223 g/mol. The highest BCUT2D eigenvalue weighted by Gasteiger charge is 2.09. The Bertz CT molecular complexity index is 139. The molecule has 0 aliphatic heterocycles. The summed E-state index contributed by atoms with van der Waals surface area (Å²) in [6.45, 7) is 5.48. The molecule has 5 heteroatoms. The highest BCUT2D eigenvalue weighted by Crippen LogP contribution is 2.02. The molecule has 0 aromatic heterocycles. The molecule has 4 nitrogen and oxygen atoms in total. The quantitative estimate of drug-likeness (QED) is 0.604. The van der Waals surface area contributed by atoms with E-state index in [9.17, 15) is 4.79 Å². The second-order valence-corrected chi connectivity index (χ2v) is 4.42. The number of aliphatic carboxylic acids is 1. The molecular weight excluding hydrogens is 202 g/mol. The van der Waals surface area contributed by atoms with E-state index in [1.165, 1.54) is 0 Å². The molecule has 0 fully saturated rings. The Labute approximate surface area is 89.9 Å². The summed E-state index contributed by atoms with van der Waals surface area (Å²) in [6, 6.07) is -0.681. The standard InChI is InChI=1S/C6H13NO2S.C3H8O/c1-2-10-4-3-5(7)6(8)9;1-3(2)4/h5H,2-4,7H2,1H3,(H,8,9);3-4H,1-2H3/t5-;/m0./s1. The van der Waals surface area contributed by atoms with Crippen LogP contribution in [0.1, 0.15) is 27.2 Å². The molecule has 0 amide bonds. The molecule has 0 saturated heterocycles. The molecule has 0 aliphatic rings. The van der Waals surface area contributed by atoms with Gasteiger partial charge in [-0.1, -0.05) is 6.92 Å². The number of aliphatic hydroxyl groups excluding tert-OH is 1. The third kappa shape index (κ3) is 17.7. The maximum atomic E-state index is 10.2. The summed E-state index contributed by atoms with van der Waals surface area (Å²) < 4.78 is 0. The molecule has 0 aromatic carbocycles. The van der Waals surface area contributed by atoms with E-state index in [4.69, 9.17) is 15.9 Å². The average molecular weight is 223 g/mol. The predicted molar refractivity (Wildman–Crippen MR) is 60.6 cm³/mol. The van der Waals surface area contributed by atoms with Gasteiger partial charge in [-0.2, -0.15) is 11.8 Å². The van der Waals surface area contributed by atoms with Crippen LogP contribution in [0.2, 0.25) is 0 Å². The van der Waals surface area contributed by atoms with Gasteiger partial charge in [-0.3, -0.25) is 4.79 Å². The summed E-state index contributed by atoms with van der Waals surface area (Å²) >= 11 is 1.71. The summed E-state index contributed by atoms with van der Waals surface area (Å²) in [6.07, 6.45) is 0.397. The van der Waals surface area contributed by atoms with E-state index >= 15 is 0 Å². The maximum absolute atomic E-state index is 10.2. The van der Waals surface area contributed by atoms with E-state index in [0.717, 1.165) is 11.5 Å². The highest BCUT2D eigenvalue weighted by molar-refractivity contribution is 7.99. The smallest absolute Gasteiger partial charge is 0.320 e. The number of hydrogen-bond acceptors (Lipinski definition) is 4. The zero-order valence-electron chi connectivity index (χ0n) is 9.06. The molecule has 86 valence electrons. The highest BCUT2D eigenvalue weighted by atomic mass is 32.2. The third-order valence-corrected chi connectivity index (χ3v) is 2.03. The summed E-state index contributed by atoms with van der Waals surface area (Å²) in [5.74, 6) is 0.952. The van der Waals surface area contributed by atoms with Crippen LogP contribution in [0.25, 0.3) is 0 Å². The normalized spacial score (nSPS) is 11.9. The lowest BCUT2D eigenvalue weighted by atomic mass is 10.2. The summed E-state index contributed by atoms with van der Waals surface area (Å²) in [5.41, 5.74) is 5.24. The van der Waals surface area contributed by atoms with Crippen molar-refractivity contribution in [1.29, 1.82) is 0 Å². The second kappa shape index (κ2) is 10.8. The van der Waals surface area contributed by atoms with Crippen molar-refractivity contribution in [2.24, 2.45) is 5.73 Å². The van der Waals surface area contributed by atoms with Gasteiger partial charge in [0.05, 0.1) is 0 Å². The number of hydrogen-bond donors (Lipinski definition) is 3. The molecule has 0 heterocycles. The summed E-state index contributed by atoms with van der Waals surface area (Å²) in [4.78, 5) is 10.2. The number of thioether (sulfide) groups is 1. The molecule has 0 spiro atoms. The van der Waals surface area contributed by atoms with Crippen molar-refractivity contribution >= 4 is 17.7 Å². The number of carboxylic acid groups (broad SMARTS) is 1. The fraction of sp³-hybridized carbons (Fsp3) is 0.889. The van der Waals surface area contributed by atoms with Gasteiger partial charge in [-0.25, -0.2) is 0 Å². The van der Waals surface area contributed by atoms with Crippen LogP contribution in [0.3, 0.4) is 0 Å². The third-order valence-electron chi connectivity index (χ3n) is 1.09. The van der Waals surface area contributed by atoms with E-state index in [2.05, 4.69) is 0 Å². The molecule has 0 unspecified atom stereocenters. The molecule has 0 aliphatic carbocycles. The minimum atomic E-state index is -0.906. The average Bonchev–Trinajstić information content (AvgIpc) is 2.03. The van der Waals surface area contributed by atoms with Gasteiger partial charge in [0.25, 0.3) is 0 Å². The van der Waals surface area contributed by atoms with Crippen molar-refractivity contribution in [3.63, 3.8) is 0 Å². The van der Waals surface area contributed by atoms with Crippen LogP contribution < -0.4 is 5.73 Å². The number of aliphatic hydroxyl groups is 1. The van der Waals surface area contributed by atoms with Crippen molar-refractivity contribution < 1.29 is 15.0 Å². The van der Waals surface area contributed by atoms with Gasteiger partial charge in [-0.05, 0) is 31.8 Å². The van der Waals surface area contributed by atoms with Gasteiger partial charge in [-0.15, -0.1) is 0 Å². The first-order chi connectivity index (χ1) is 6.41. The van der Waals surface area contributed by atoms with Crippen molar-refractivity contribution in [1.82, 2.24) is 0 Å². The SMILES string of the molecule is CC(C)O.CCSCC[C@H](N)C(=O)O. The van der Waals surface area contributed by atoms with Crippen LogP contribution in [-0.2, 0) is 4.79 Å². The lowest BCUT2D eigenvalue weighted by Crippen LogP contribution is -2.30. The van der Waals surface area contributed by atoms with Crippen molar-refractivity contribution in [3.8, 4) is 0 Å². The largest absolute Gasteiger partial charge is 0.480 e. The molecule has 14 heavy (non-hydrogen) atoms. The van der Waals surface area contributed by atoms with Gasteiger partial charge in [0.15, 0.2) is 0 Å². The second-order valence-electron chi connectivity index (χ2n) is 3.02. The lowest BCUT2D eigenvalue weighted by molar-refractivity contribution is -0.138. The Morgan fingerprint density at radius 1 is 1.50 bits per heavy atom. The molecule has 0 rings (SSSR count). The Morgan fingerprint density at radius 2 is 1.93 bits per heavy atom. The van der Waals surface area contributed by atoms with E-state index in [0.29, 0.717) is 6.42 Å². The van der Waals surface area contributed by atoms with Crippen LogP contribution in [0.5, 0.6) is 0 Å². The molecule has 1 atom stereocenters. The number of nitrogens with two attached hydrogens (primary N) is 1. The molecule has 0 bridgehead atoms. The number of rotatable bonds is 5. The minimum Gasteiger partial charge on any atom is -0.480 e. The van der Waals surface area contributed by atoms with Crippen LogP contribution in [-0.4, -0.2) is 39.8 Å². The van der Waals surface area contributed by atoms with Gasteiger partial charge in [0, 0.05) is 6.10 Å². The van der Waals surface area contributed by atoms with E-state index in [-0.39, 0.29) is 6.10 Å². The van der Waals surface area contributed by atoms with Gasteiger partial charge in [0.2, 0.25) is 0 Å². The minimum absolute atomic E-state index is 0.167. The summed E-state index contributed by atoms with van der Waals surface area (Å²) in [5, 5.41) is 16.4. The first kappa shape index (κ1) is 16.2. The lowest BCUT2D eigenvalue weighted by Gasteiger charge is -2.03. The fourth-order valence-electron chi connectivity index (χ4n) is 0.478. The first-order valence-electron chi connectivity index (χ1n) is 4.66. The zero-order valence-corrected chi connectivity index (χ0v) is 9.88.